The number of alkyl halides is 3. The van der Waals surface area contributed by atoms with Crippen LogP contribution in [0, 0.1) is 5.41 Å². The van der Waals surface area contributed by atoms with Gasteiger partial charge in [0.2, 0.25) is 5.91 Å². The highest BCUT2D eigenvalue weighted by atomic mass is 35.5. The van der Waals surface area contributed by atoms with Crippen molar-refractivity contribution in [3.05, 3.63) is 137 Å². The van der Waals surface area contributed by atoms with Crippen molar-refractivity contribution in [2.45, 2.75) is 71.7 Å². The maximum atomic E-state index is 14.4. The van der Waals surface area contributed by atoms with Crippen molar-refractivity contribution < 1.29 is 53.9 Å². The number of imide groups is 1. The maximum absolute atomic E-state index is 14.4. The number of rotatable bonds is 21. The number of nitrogens with one attached hydrogen (secondary N) is 3. The Hall–Kier alpha value is -6.38. The molecule has 0 unspecified atom stereocenters. The summed E-state index contributed by atoms with van der Waals surface area (Å²) in [5.74, 6) is -0.421. The molecule has 18 nitrogen and oxygen atoms in total. The van der Waals surface area contributed by atoms with E-state index in [9.17, 15) is 44.4 Å². The van der Waals surface area contributed by atoms with Crippen LogP contribution in [0.15, 0.2) is 136 Å². The van der Waals surface area contributed by atoms with Crippen LogP contribution >= 0.6 is 23.4 Å². The van der Waals surface area contributed by atoms with Crippen molar-refractivity contribution in [3.63, 3.8) is 0 Å². The van der Waals surface area contributed by atoms with Crippen molar-refractivity contribution in [1.29, 1.82) is 0 Å². The van der Waals surface area contributed by atoms with Crippen LogP contribution in [-0.2, 0) is 29.4 Å². The van der Waals surface area contributed by atoms with Crippen LogP contribution in [0.5, 0.6) is 5.75 Å². The van der Waals surface area contributed by atoms with Crippen LogP contribution in [-0.4, -0.2) is 179 Å². The van der Waals surface area contributed by atoms with E-state index in [1.165, 1.54) is 40.6 Å². The van der Waals surface area contributed by atoms with Gasteiger partial charge >= 0.3 is 11.5 Å². The number of benzene rings is 5. The molecule has 0 saturated carbocycles. The molecule has 0 aromatic heterocycles. The number of sulfonamides is 1. The zero-order chi connectivity index (χ0) is 62.2. The Bertz CT molecular complexity index is 3550. The minimum atomic E-state index is -6.10. The predicted molar refractivity (Wildman–Crippen MR) is 338 cm³/mol. The summed E-state index contributed by atoms with van der Waals surface area (Å²) in [5, 5.41) is 6.11. The third-order valence-electron chi connectivity index (χ3n) is 17.1. The Labute approximate surface area is 522 Å². The number of urea groups is 1. The number of methoxy groups -OCH3 is 1. The van der Waals surface area contributed by atoms with Crippen molar-refractivity contribution in [2.24, 2.45) is 5.41 Å². The lowest BCUT2D eigenvalue weighted by Crippen LogP contribution is -2.51. The minimum Gasteiger partial charge on any atom is -0.495 e. The van der Waals surface area contributed by atoms with Gasteiger partial charge in [-0.05, 0) is 134 Å². The molecular weight excluding hydrogens is 1220 g/mol. The van der Waals surface area contributed by atoms with Gasteiger partial charge < -0.3 is 29.5 Å². The van der Waals surface area contributed by atoms with Gasteiger partial charge in [-0.3, -0.25) is 29.6 Å². The van der Waals surface area contributed by atoms with E-state index in [1.807, 2.05) is 65.4 Å². The van der Waals surface area contributed by atoms with Gasteiger partial charge in [0, 0.05) is 143 Å². The smallest absolute Gasteiger partial charge is 0.495 e. The zero-order valence-corrected chi connectivity index (χ0v) is 52.6. The molecule has 4 heterocycles. The highest BCUT2D eigenvalue weighted by Crippen LogP contribution is 2.45. The number of nitrogens with zero attached hydrogens (tertiary/aromatic N) is 6. The summed E-state index contributed by atoms with van der Waals surface area (Å²) in [7, 11) is -9.42. The highest BCUT2D eigenvalue weighted by Gasteiger charge is 2.49. The fourth-order valence-corrected chi connectivity index (χ4v) is 15.4. The first-order chi connectivity index (χ1) is 42.1. The summed E-state index contributed by atoms with van der Waals surface area (Å²) >= 11 is 7.82. The molecular formula is C63H75ClF3N9O9S3. The van der Waals surface area contributed by atoms with Gasteiger partial charge in [0.15, 0.2) is 0 Å². The molecule has 0 spiro atoms. The molecule has 2 atom stereocenters. The first-order valence-electron chi connectivity index (χ1n) is 29.7. The molecule has 4 amide bonds. The van der Waals surface area contributed by atoms with E-state index in [1.54, 1.807) is 24.1 Å². The first kappa shape index (κ1) is 64.6. The second-order valence-corrected chi connectivity index (χ2v) is 28.5. The average Bonchev–Trinajstić information content (AvgIpc) is 1.22. The van der Waals surface area contributed by atoms with Gasteiger partial charge in [0.1, 0.15) is 10.6 Å². The number of halogens is 4. The number of carbonyl (C=O) groups is 3. The first-order valence-corrected chi connectivity index (χ1v) is 34.0. The normalized spacial score (nSPS) is 20.1. The fourth-order valence-electron chi connectivity index (χ4n) is 12.3. The fraction of sp³-hybridized carbons (Fsp3) is 0.444. The Morgan fingerprint density at radius 2 is 1.48 bits per heavy atom. The molecule has 3 N–H and O–H groups in total. The molecule has 4 aliphatic heterocycles. The lowest BCUT2D eigenvalue weighted by Gasteiger charge is -2.44. The van der Waals surface area contributed by atoms with Gasteiger partial charge in [-0.2, -0.15) is 13.2 Å². The Morgan fingerprint density at radius 1 is 0.784 bits per heavy atom. The van der Waals surface area contributed by atoms with Gasteiger partial charge in [-0.25, -0.2) is 26.4 Å². The lowest BCUT2D eigenvalue weighted by molar-refractivity contribution is -0.120. The van der Waals surface area contributed by atoms with Crippen molar-refractivity contribution in [2.75, 3.05) is 138 Å². The zero-order valence-electron chi connectivity index (χ0n) is 49.4. The molecule has 0 bridgehead atoms. The third-order valence-corrected chi connectivity index (χ3v) is 21.4. The van der Waals surface area contributed by atoms with Crippen LogP contribution in [0.1, 0.15) is 61.4 Å². The SMILES string of the molecule is COc1ccc(N2CCN(C[C@]3(C)CCC(c4ccc(Cl)cc4)=C(CN4CCN(c5ccc(C(=O)NS(=O)(=O)c6ccc(N[C@H](CCN7CCCOCC7)CSc7ccccc7)c(S(=O)(=O)C(F)(F)F)c6)cc5)CC4)C3)CC2)cc1N1CCC(=O)NC1=O. The largest absolute Gasteiger partial charge is 0.501 e. The van der Waals surface area contributed by atoms with E-state index in [-0.39, 0.29) is 29.9 Å². The Kier molecular flexibility index (Phi) is 20.7. The number of amides is 4. The maximum Gasteiger partial charge on any atom is 0.501 e. The molecule has 4 fully saturated rings. The Balaban J connectivity index is 0.762. The van der Waals surface area contributed by atoms with E-state index >= 15 is 0 Å². The molecule has 10 rings (SSSR count). The summed E-state index contributed by atoms with van der Waals surface area (Å²) in [6.45, 7) is 13.8. The predicted octanol–water partition coefficient (Wildman–Crippen LogP) is 9.48. The lowest BCUT2D eigenvalue weighted by atomic mass is 9.71. The van der Waals surface area contributed by atoms with Gasteiger partial charge in [0.25, 0.3) is 25.8 Å². The van der Waals surface area contributed by atoms with E-state index in [0.29, 0.717) is 74.1 Å². The number of sulfone groups is 1. The van der Waals surface area contributed by atoms with Crippen LogP contribution in [0.3, 0.4) is 0 Å². The standard InChI is InChI=1S/C63H75ClF3N9O9S3/c1-62(44-73-30-34-75(35-31-73)51-17-20-57(84-2)56(39-51)76-27-23-59(77)69-61(76)79)24-21-54(45-9-13-48(64)14-10-45)47(41-62)42-72-28-32-74(33-29-72)50-15-11-46(12-16-50)60(78)70-88(82,83)53-18-19-55(58(40-53)87(80,81)63(65,66)67)68-49(43-86-52-7-4-3-5-8-52)22-26-71-25-6-37-85-38-36-71/h3-5,7-20,39-40,49,68H,6,21-38,41-44H2,1-2H3,(H,70,78)(H,69,77,79)/t49-,62-/m1/s1. The number of thioether (sulfide) groups is 1. The molecule has 4 saturated heterocycles. The van der Waals surface area contributed by atoms with Crippen molar-refractivity contribution >= 4 is 89.4 Å². The molecule has 5 aliphatic rings. The number of anilines is 4. The van der Waals surface area contributed by atoms with Crippen LogP contribution in [0.25, 0.3) is 5.57 Å². The Morgan fingerprint density at radius 3 is 2.17 bits per heavy atom. The van der Waals surface area contributed by atoms with Crippen molar-refractivity contribution in [3.8, 4) is 5.75 Å². The summed E-state index contributed by atoms with van der Waals surface area (Å²) in [4.78, 5) is 50.4. The highest BCUT2D eigenvalue weighted by molar-refractivity contribution is 7.99. The van der Waals surface area contributed by atoms with E-state index < -0.39 is 58.8 Å². The molecule has 5 aromatic rings. The van der Waals surface area contributed by atoms with Crippen LogP contribution < -0.4 is 34.8 Å². The summed E-state index contributed by atoms with van der Waals surface area (Å²) in [6, 6.07) is 31.2. The average molecular weight is 1290 g/mol. The van der Waals surface area contributed by atoms with Gasteiger partial charge in [0.05, 0.1) is 30.0 Å². The van der Waals surface area contributed by atoms with E-state index in [4.69, 9.17) is 21.1 Å². The number of ether oxygens (including phenoxy) is 2. The van der Waals surface area contributed by atoms with Crippen LogP contribution in [0.4, 0.5) is 40.7 Å². The second-order valence-electron chi connectivity index (χ2n) is 23.4. The second kappa shape index (κ2) is 28.2. The topological polar surface area (TPSA) is 193 Å². The van der Waals surface area contributed by atoms with Crippen molar-refractivity contribution in [1.82, 2.24) is 24.7 Å². The molecule has 1 aliphatic carbocycles. The quantitative estimate of drug-likeness (QED) is 0.0588. The van der Waals surface area contributed by atoms with Gasteiger partial charge in [-0.1, -0.05) is 54.4 Å². The van der Waals surface area contributed by atoms with Gasteiger partial charge in [-0.15, -0.1) is 11.8 Å². The monoisotopic (exact) mass is 1290 g/mol. The number of hydrogen-bond donors (Lipinski definition) is 3. The van der Waals surface area contributed by atoms with Crippen LogP contribution in [0.2, 0.25) is 5.02 Å². The van der Waals surface area contributed by atoms with E-state index in [2.05, 4.69) is 54.2 Å². The molecule has 472 valence electrons. The molecule has 88 heavy (non-hydrogen) atoms. The number of allylic oxidation sites excluding steroid dienone is 1. The van der Waals surface area contributed by atoms with E-state index in [0.717, 1.165) is 113 Å². The number of piperazine rings is 2. The summed E-state index contributed by atoms with van der Waals surface area (Å²) in [5.41, 5.74) is 0.173. The molecule has 5 aromatic carbocycles. The molecule has 25 heteroatoms. The third kappa shape index (κ3) is 16.0. The number of carbonyl (C=O) groups excluding carboxylic acids is 3. The summed E-state index contributed by atoms with van der Waals surface area (Å²) < 4.78 is 110. The minimum absolute atomic E-state index is 0.0168. The molecule has 0 radical (unpaired) electrons. The number of hydrogen-bond acceptors (Lipinski definition) is 16. The summed E-state index contributed by atoms with van der Waals surface area (Å²) in [6.07, 6.45) is 4.33.